The summed E-state index contributed by atoms with van der Waals surface area (Å²) >= 11 is 0. The molecule has 0 aliphatic carbocycles. The van der Waals surface area contributed by atoms with Crippen molar-refractivity contribution < 1.29 is 9.31 Å². The number of nitrogens with zero attached hydrogens (tertiary/aromatic N) is 3. The molecule has 0 aliphatic heterocycles. The number of H-pyrrole nitrogens is 1. The molecule has 0 saturated heterocycles. The van der Waals surface area contributed by atoms with Gasteiger partial charge in [-0.25, -0.2) is 9.07 Å². The highest BCUT2D eigenvalue weighted by molar-refractivity contribution is 5.99. The average Bonchev–Trinajstić information content (AvgIpc) is 3.03. The molecule has 0 atom stereocenters. The summed E-state index contributed by atoms with van der Waals surface area (Å²) in [6, 6.07) is 11.8. The molecule has 0 radical (unpaired) electrons. The van der Waals surface area contributed by atoms with Gasteiger partial charge >= 0.3 is 0 Å². The van der Waals surface area contributed by atoms with Crippen LogP contribution in [0.3, 0.4) is 0 Å². The maximum absolute atomic E-state index is 13.1. The SMILES string of the molecule is CCCc1[nH]n(-c2ccc([N+](=O)[O-])cc2)c(=O)c1C(C)=NCc1ccc(F)cc1. The number of non-ortho nitro benzene ring substituents is 1. The van der Waals surface area contributed by atoms with Crippen LogP contribution in [0, 0.1) is 15.9 Å². The molecule has 0 fully saturated rings. The van der Waals surface area contributed by atoms with Crippen LogP contribution in [0.5, 0.6) is 0 Å². The molecule has 7 nitrogen and oxygen atoms in total. The molecule has 0 unspecified atom stereocenters. The molecule has 0 bridgehead atoms. The van der Waals surface area contributed by atoms with Crippen molar-refractivity contribution in [1.82, 2.24) is 9.78 Å². The second kappa shape index (κ2) is 8.64. The minimum absolute atomic E-state index is 0.0422. The maximum Gasteiger partial charge on any atom is 0.280 e. The summed E-state index contributed by atoms with van der Waals surface area (Å²) in [5.74, 6) is -0.309. The van der Waals surface area contributed by atoms with Gasteiger partial charge in [0.15, 0.2) is 0 Å². The Balaban J connectivity index is 1.97. The topological polar surface area (TPSA) is 93.3 Å². The first-order chi connectivity index (χ1) is 13.9. The second-order valence-electron chi connectivity index (χ2n) is 6.66. The monoisotopic (exact) mass is 396 g/mol. The number of aliphatic imine (C=N–C) groups is 1. The second-order valence-corrected chi connectivity index (χ2v) is 6.66. The van der Waals surface area contributed by atoms with E-state index in [1.165, 1.54) is 41.1 Å². The van der Waals surface area contributed by atoms with E-state index in [-0.39, 0.29) is 17.1 Å². The molecule has 150 valence electrons. The molecule has 1 aromatic heterocycles. The van der Waals surface area contributed by atoms with E-state index in [1.807, 2.05) is 6.92 Å². The molecule has 0 spiro atoms. The Morgan fingerprint density at radius 1 is 1.17 bits per heavy atom. The summed E-state index contributed by atoms with van der Waals surface area (Å²) in [7, 11) is 0. The first kappa shape index (κ1) is 20.2. The van der Waals surface area contributed by atoms with Crippen molar-refractivity contribution in [2.75, 3.05) is 0 Å². The smallest absolute Gasteiger partial charge is 0.280 e. The van der Waals surface area contributed by atoms with Crippen LogP contribution >= 0.6 is 0 Å². The fraction of sp³-hybridized carbons (Fsp3) is 0.238. The molecule has 2 aromatic carbocycles. The number of hydrogen-bond acceptors (Lipinski definition) is 4. The van der Waals surface area contributed by atoms with Crippen LogP contribution in [0.15, 0.2) is 58.3 Å². The number of nitro benzene ring substituents is 1. The maximum atomic E-state index is 13.1. The highest BCUT2D eigenvalue weighted by Gasteiger charge is 2.17. The Hall–Kier alpha value is -3.55. The molecule has 0 saturated carbocycles. The minimum Gasteiger partial charge on any atom is -0.294 e. The quantitative estimate of drug-likeness (QED) is 0.369. The predicted molar refractivity (Wildman–Crippen MR) is 109 cm³/mol. The van der Waals surface area contributed by atoms with Gasteiger partial charge in [0, 0.05) is 23.5 Å². The third kappa shape index (κ3) is 4.48. The fourth-order valence-corrected chi connectivity index (χ4v) is 3.07. The molecule has 0 aliphatic rings. The van der Waals surface area contributed by atoms with Crippen LogP contribution in [0.2, 0.25) is 0 Å². The molecule has 8 heteroatoms. The molecule has 3 aromatic rings. The van der Waals surface area contributed by atoms with E-state index in [9.17, 15) is 19.3 Å². The van der Waals surface area contributed by atoms with Gasteiger partial charge in [0.25, 0.3) is 11.2 Å². The van der Waals surface area contributed by atoms with Crippen LogP contribution in [-0.4, -0.2) is 20.4 Å². The summed E-state index contributed by atoms with van der Waals surface area (Å²) in [6.45, 7) is 4.11. The number of aromatic amines is 1. The molecule has 3 rings (SSSR count). The van der Waals surface area contributed by atoms with Crippen LogP contribution < -0.4 is 5.56 Å². The molecule has 29 heavy (non-hydrogen) atoms. The molecule has 1 N–H and O–H groups in total. The molecular formula is C21H21FN4O3. The Labute approximate surface area is 166 Å². The zero-order valence-corrected chi connectivity index (χ0v) is 16.2. The van der Waals surface area contributed by atoms with Gasteiger partial charge in [-0.15, -0.1) is 0 Å². The summed E-state index contributed by atoms with van der Waals surface area (Å²) in [5.41, 5.74) is 2.88. The van der Waals surface area contributed by atoms with Gasteiger partial charge in [-0.1, -0.05) is 25.5 Å². The average molecular weight is 396 g/mol. The van der Waals surface area contributed by atoms with E-state index in [2.05, 4.69) is 10.1 Å². The zero-order valence-electron chi connectivity index (χ0n) is 16.2. The molecular weight excluding hydrogens is 375 g/mol. The zero-order chi connectivity index (χ0) is 21.0. The van der Waals surface area contributed by atoms with Crippen LogP contribution in [0.1, 0.15) is 37.1 Å². The number of hydrogen-bond donors (Lipinski definition) is 1. The highest BCUT2D eigenvalue weighted by Crippen LogP contribution is 2.16. The Bertz CT molecular complexity index is 1100. The number of aryl methyl sites for hydroxylation is 1. The van der Waals surface area contributed by atoms with Gasteiger partial charge in [0.05, 0.1) is 22.7 Å². The van der Waals surface area contributed by atoms with E-state index in [0.29, 0.717) is 29.9 Å². The Morgan fingerprint density at radius 3 is 2.41 bits per heavy atom. The van der Waals surface area contributed by atoms with E-state index < -0.39 is 4.92 Å². The number of rotatable bonds is 7. The van der Waals surface area contributed by atoms with Crippen LogP contribution in [0.4, 0.5) is 10.1 Å². The highest BCUT2D eigenvalue weighted by atomic mass is 19.1. The van der Waals surface area contributed by atoms with Crippen LogP contribution in [-0.2, 0) is 13.0 Å². The lowest BCUT2D eigenvalue weighted by atomic mass is 10.1. The number of benzene rings is 2. The largest absolute Gasteiger partial charge is 0.294 e. The van der Waals surface area contributed by atoms with Crippen molar-refractivity contribution >= 4 is 11.4 Å². The summed E-state index contributed by atoms with van der Waals surface area (Å²) in [6.07, 6.45) is 1.49. The van der Waals surface area contributed by atoms with E-state index in [1.54, 1.807) is 19.1 Å². The first-order valence-corrected chi connectivity index (χ1v) is 9.25. The van der Waals surface area contributed by atoms with Gasteiger partial charge in [-0.05, 0) is 43.2 Å². The normalized spacial score (nSPS) is 11.6. The number of aromatic nitrogens is 2. The Morgan fingerprint density at radius 2 is 1.83 bits per heavy atom. The van der Waals surface area contributed by atoms with Crippen molar-refractivity contribution in [2.24, 2.45) is 4.99 Å². The standard InChI is InChI=1S/C21H21FN4O3/c1-3-4-19-20(14(2)23-13-15-5-7-16(22)8-6-15)21(27)25(24-19)17-9-11-18(12-10-17)26(28)29/h5-12,24H,3-4,13H2,1-2H3. The molecule has 0 amide bonds. The van der Waals surface area contributed by atoms with Gasteiger partial charge in [0.1, 0.15) is 5.82 Å². The fourth-order valence-electron chi connectivity index (χ4n) is 3.07. The van der Waals surface area contributed by atoms with Crippen molar-refractivity contribution in [3.63, 3.8) is 0 Å². The van der Waals surface area contributed by atoms with Crippen molar-refractivity contribution in [2.45, 2.75) is 33.2 Å². The Kier molecular flexibility index (Phi) is 6.01. The van der Waals surface area contributed by atoms with Gasteiger partial charge in [0.2, 0.25) is 0 Å². The number of nitro groups is 1. The van der Waals surface area contributed by atoms with Crippen molar-refractivity contribution in [1.29, 1.82) is 0 Å². The third-order valence-corrected chi connectivity index (χ3v) is 4.56. The van der Waals surface area contributed by atoms with Gasteiger partial charge in [-0.2, -0.15) is 0 Å². The van der Waals surface area contributed by atoms with Crippen molar-refractivity contribution in [3.8, 4) is 5.69 Å². The van der Waals surface area contributed by atoms with E-state index in [4.69, 9.17) is 0 Å². The van der Waals surface area contributed by atoms with Gasteiger partial charge in [-0.3, -0.25) is 25.0 Å². The number of nitrogens with one attached hydrogen (secondary N) is 1. The molecule has 1 heterocycles. The first-order valence-electron chi connectivity index (χ1n) is 9.25. The summed E-state index contributed by atoms with van der Waals surface area (Å²) < 4.78 is 14.4. The lowest BCUT2D eigenvalue weighted by molar-refractivity contribution is -0.384. The number of halogens is 1. The lowest BCUT2D eigenvalue weighted by Crippen LogP contribution is -2.20. The third-order valence-electron chi connectivity index (χ3n) is 4.56. The van der Waals surface area contributed by atoms with Gasteiger partial charge < -0.3 is 0 Å². The predicted octanol–water partition coefficient (Wildman–Crippen LogP) is 4.17. The van der Waals surface area contributed by atoms with Crippen molar-refractivity contribution in [3.05, 3.63) is 91.6 Å². The van der Waals surface area contributed by atoms with Crippen LogP contribution in [0.25, 0.3) is 5.69 Å². The minimum atomic E-state index is -0.485. The van der Waals surface area contributed by atoms with E-state index >= 15 is 0 Å². The van der Waals surface area contributed by atoms with E-state index in [0.717, 1.165) is 17.7 Å². The summed E-state index contributed by atoms with van der Waals surface area (Å²) in [4.78, 5) is 27.9. The summed E-state index contributed by atoms with van der Waals surface area (Å²) in [5, 5.41) is 14.0. The lowest BCUT2D eigenvalue weighted by Gasteiger charge is -2.02.